The second kappa shape index (κ2) is 8.40. The van der Waals surface area contributed by atoms with E-state index in [1.807, 2.05) is 38.1 Å². The lowest BCUT2D eigenvalue weighted by molar-refractivity contribution is 0.0920. The van der Waals surface area contributed by atoms with Crippen molar-refractivity contribution in [3.05, 3.63) is 88.0 Å². The summed E-state index contributed by atoms with van der Waals surface area (Å²) in [5.41, 5.74) is 3.87. The van der Waals surface area contributed by atoms with Crippen molar-refractivity contribution in [2.24, 2.45) is 0 Å². The average molecular weight is 386 g/mol. The number of Topliss-reactive ketones (excluding diaryl/α,β-unsaturated/α-hetero) is 1. The van der Waals surface area contributed by atoms with E-state index in [1.54, 1.807) is 0 Å². The Morgan fingerprint density at radius 2 is 1.85 bits per heavy atom. The van der Waals surface area contributed by atoms with Crippen LogP contribution in [0.1, 0.15) is 27.3 Å². The normalized spacial score (nSPS) is 10.8. The molecule has 2 aromatic carbocycles. The zero-order chi connectivity index (χ0) is 19.4. The van der Waals surface area contributed by atoms with Crippen LogP contribution in [0.4, 0.5) is 4.39 Å². The van der Waals surface area contributed by atoms with Gasteiger partial charge in [-0.1, -0.05) is 41.9 Å². The van der Waals surface area contributed by atoms with Crippen molar-refractivity contribution < 1.29 is 13.9 Å². The van der Waals surface area contributed by atoms with Gasteiger partial charge in [0.1, 0.15) is 11.6 Å². The Kier molecular flexibility index (Phi) is 5.97. The maximum Gasteiger partial charge on any atom is 0.202 e. The molecule has 3 aromatic rings. The van der Waals surface area contributed by atoms with Crippen LogP contribution in [0.5, 0.6) is 5.75 Å². The summed E-state index contributed by atoms with van der Waals surface area (Å²) < 4.78 is 20.8. The summed E-state index contributed by atoms with van der Waals surface area (Å²) in [6.07, 6.45) is 0.898. The Morgan fingerprint density at radius 3 is 2.56 bits per heavy atom. The van der Waals surface area contributed by atoms with Gasteiger partial charge < -0.3 is 9.30 Å². The van der Waals surface area contributed by atoms with Gasteiger partial charge in [-0.25, -0.2) is 4.39 Å². The number of ketones is 1. The first-order valence-corrected chi connectivity index (χ1v) is 9.15. The molecule has 5 heteroatoms. The molecule has 1 aromatic heterocycles. The van der Waals surface area contributed by atoms with Crippen molar-refractivity contribution in [1.82, 2.24) is 4.57 Å². The fraction of sp³-hybridized carbons (Fsp3) is 0.227. The van der Waals surface area contributed by atoms with Crippen LogP contribution >= 0.6 is 11.6 Å². The molecule has 0 saturated heterocycles. The number of nitrogens with zero attached hydrogens (tertiary/aromatic N) is 1. The highest BCUT2D eigenvalue weighted by Crippen LogP contribution is 2.22. The molecule has 0 atom stereocenters. The van der Waals surface area contributed by atoms with E-state index < -0.39 is 5.82 Å². The van der Waals surface area contributed by atoms with Gasteiger partial charge in [-0.15, -0.1) is 0 Å². The van der Waals surface area contributed by atoms with E-state index in [4.69, 9.17) is 16.3 Å². The molecule has 0 unspecified atom stereocenters. The third-order valence-electron chi connectivity index (χ3n) is 4.60. The minimum Gasteiger partial charge on any atom is -0.485 e. The molecule has 0 aliphatic rings. The molecular weight excluding hydrogens is 365 g/mol. The minimum absolute atomic E-state index is 0.0287. The highest BCUT2D eigenvalue weighted by Gasteiger charge is 2.16. The maximum atomic E-state index is 13.2. The molecule has 3 rings (SSSR count). The van der Waals surface area contributed by atoms with Crippen molar-refractivity contribution in [3.8, 4) is 5.75 Å². The quantitative estimate of drug-likeness (QED) is 0.510. The summed E-state index contributed by atoms with van der Waals surface area (Å²) in [5.74, 6) is -0.264. The van der Waals surface area contributed by atoms with Crippen LogP contribution in [0.15, 0.2) is 54.6 Å². The number of hydrogen-bond donors (Lipinski definition) is 0. The van der Waals surface area contributed by atoms with E-state index in [9.17, 15) is 9.18 Å². The predicted molar refractivity (Wildman–Crippen MR) is 105 cm³/mol. The topological polar surface area (TPSA) is 31.2 Å². The zero-order valence-corrected chi connectivity index (χ0v) is 16.1. The number of rotatable bonds is 7. The molecule has 0 bridgehead atoms. The van der Waals surface area contributed by atoms with Gasteiger partial charge in [-0.05, 0) is 44.0 Å². The Balaban J connectivity index is 1.67. The molecule has 0 N–H and O–H groups in total. The summed E-state index contributed by atoms with van der Waals surface area (Å²) in [7, 11) is 0. The molecule has 27 heavy (non-hydrogen) atoms. The Bertz CT molecular complexity index is 950. The van der Waals surface area contributed by atoms with Crippen molar-refractivity contribution >= 4 is 17.4 Å². The van der Waals surface area contributed by atoms with Crippen LogP contribution < -0.4 is 4.74 Å². The van der Waals surface area contributed by atoms with E-state index in [1.165, 1.54) is 23.8 Å². The third-order valence-corrected chi connectivity index (χ3v) is 4.89. The van der Waals surface area contributed by atoms with Gasteiger partial charge in [0, 0.05) is 29.6 Å². The minimum atomic E-state index is -0.516. The number of benzene rings is 2. The molecule has 140 valence electrons. The highest BCUT2D eigenvalue weighted by molar-refractivity contribution is 6.30. The van der Waals surface area contributed by atoms with Crippen molar-refractivity contribution in [3.63, 3.8) is 0 Å². The van der Waals surface area contributed by atoms with E-state index >= 15 is 0 Å². The van der Waals surface area contributed by atoms with E-state index in [0.29, 0.717) is 11.3 Å². The fourth-order valence-electron chi connectivity index (χ4n) is 3.11. The molecule has 0 saturated carbocycles. The molecule has 0 amide bonds. The zero-order valence-electron chi connectivity index (χ0n) is 15.3. The van der Waals surface area contributed by atoms with Crippen LogP contribution in [0.2, 0.25) is 5.02 Å². The van der Waals surface area contributed by atoms with Gasteiger partial charge >= 0.3 is 0 Å². The molecular formula is C22H21ClFNO2. The number of ether oxygens (including phenoxy) is 1. The summed E-state index contributed by atoms with van der Waals surface area (Å²) in [6, 6.07) is 16.2. The maximum absolute atomic E-state index is 13.2. The van der Waals surface area contributed by atoms with Crippen LogP contribution in [0.25, 0.3) is 0 Å². The van der Waals surface area contributed by atoms with E-state index in [0.717, 1.165) is 24.4 Å². The first-order chi connectivity index (χ1) is 13.0. The second-order valence-electron chi connectivity index (χ2n) is 6.46. The Hall–Kier alpha value is -2.59. The number of hydrogen-bond acceptors (Lipinski definition) is 2. The number of carbonyl (C=O) groups is 1. The van der Waals surface area contributed by atoms with Crippen molar-refractivity contribution in [2.75, 3.05) is 6.61 Å². The lowest BCUT2D eigenvalue weighted by Gasteiger charge is -2.10. The summed E-state index contributed by atoms with van der Waals surface area (Å²) in [6.45, 7) is 4.63. The molecule has 1 heterocycles. The van der Waals surface area contributed by atoms with E-state index in [-0.39, 0.29) is 17.4 Å². The monoisotopic (exact) mass is 385 g/mol. The van der Waals surface area contributed by atoms with Crippen LogP contribution in [0.3, 0.4) is 0 Å². The van der Waals surface area contributed by atoms with Crippen LogP contribution in [0, 0.1) is 19.7 Å². The van der Waals surface area contributed by atoms with Gasteiger partial charge in [0.05, 0.1) is 5.02 Å². The van der Waals surface area contributed by atoms with Gasteiger partial charge in [0.2, 0.25) is 5.78 Å². The van der Waals surface area contributed by atoms with Gasteiger partial charge in [-0.3, -0.25) is 4.79 Å². The summed E-state index contributed by atoms with van der Waals surface area (Å²) >= 11 is 5.74. The molecule has 3 nitrogen and oxygen atoms in total. The van der Waals surface area contributed by atoms with Crippen LogP contribution in [-0.2, 0) is 13.0 Å². The SMILES string of the molecule is Cc1cc(C(=O)COc2ccc(F)c(Cl)c2)c(C)n1CCc1ccccc1. The molecule has 0 fully saturated rings. The van der Waals surface area contributed by atoms with Gasteiger partial charge in [0.25, 0.3) is 0 Å². The summed E-state index contributed by atoms with van der Waals surface area (Å²) in [5, 5.41) is -0.0287. The lowest BCUT2D eigenvalue weighted by Crippen LogP contribution is -2.13. The van der Waals surface area contributed by atoms with Crippen molar-refractivity contribution in [1.29, 1.82) is 0 Å². The number of halogens is 2. The molecule has 0 radical (unpaired) electrons. The number of aromatic nitrogens is 1. The predicted octanol–water partition coefficient (Wildman–Crippen LogP) is 5.40. The highest BCUT2D eigenvalue weighted by atomic mass is 35.5. The molecule has 0 aliphatic heterocycles. The van der Waals surface area contributed by atoms with Gasteiger partial charge in [-0.2, -0.15) is 0 Å². The third kappa shape index (κ3) is 4.58. The van der Waals surface area contributed by atoms with Crippen LogP contribution in [-0.4, -0.2) is 17.0 Å². The largest absolute Gasteiger partial charge is 0.485 e. The Labute approximate surface area is 163 Å². The first kappa shape index (κ1) is 19.2. The standard InChI is InChI=1S/C22H21ClFNO2/c1-15-12-19(16(2)25(15)11-10-17-6-4-3-5-7-17)22(26)14-27-18-8-9-21(24)20(23)13-18/h3-9,12-13H,10-11,14H2,1-2H3. The lowest BCUT2D eigenvalue weighted by atomic mass is 10.1. The average Bonchev–Trinajstić information content (AvgIpc) is 2.95. The van der Waals surface area contributed by atoms with E-state index in [2.05, 4.69) is 16.7 Å². The second-order valence-corrected chi connectivity index (χ2v) is 6.87. The molecule has 0 aliphatic carbocycles. The van der Waals surface area contributed by atoms with Crippen molar-refractivity contribution in [2.45, 2.75) is 26.8 Å². The Morgan fingerprint density at radius 1 is 1.11 bits per heavy atom. The molecule has 0 spiro atoms. The smallest absolute Gasteiger partial charge is 0.202 e. The fourth-order valence-corrected chi connectivity index (χ4v) is 3.28. The summed E-state index contributed by atoms with van der Waals surface area (Å²) in [4.78, 5) is 12.6. The number of aryl methyl sites for hydroxylation is 2. The number of carbonyl (C=O) groups excluding carboxylic acids is 1. The first-order valence-electron chi connectivity index (χ1n) is 8.77. The van der Waals surface area contributed by atoms with Gasteiger partial charge in [0.15, 0.2) is 6.61 Å².